The van der Waals surface area contributed by atoms with Crippen LogP contribution in [0, 0.1) is 0 Å². The van der Waals surface area contributed by atoms with Crippen LogP contribution in [0.1, 0.15) is 37.4 Å². The highest BCUT2D eigenvalue weighted by molar-refractivity contribution is 4.92. The van der Waals surface area contributed by atoms with E-state index in [1.165, 1.54) is 0 Å². The van der Waals surface area contributed by atoms with Crippen LogP contribution in [0.3, 0.4) is 0 Å². The predicted molar refractivity (Wildman–Crippen MR) is 58.4 cm³/mol. The van der Waals surface area contributed by atoms with Crippen molar-refractivity contribution in [3.8, 4) is 0 Å². The van der Waals surface area contributed by atoms with E-state index < -0.39 is 0 Å². The predicted octanol–water partition coefficient (Wildman–Crippen LogP) is 0.974. The van der Waals surface area contributed by atoms with Crippen molar-refractivity contribution in [2.24, 2.45) is 5.73 Å². The van der Waals surface area contributed by atoms with E-state index in [4.69, 9.17) is 10.3 Å². The second-order valence-electron chi connectivity index (χ2n) is 4.12. The van der Waals surface area contributed by atoms with Crippen molar-refractivity contribution in [2.75, 3.05) is 20.6 Å². The minimum absolute atomic E-state index is 0.303. The average Bonchev–Trinajstić information content (AvgIpc) is 2.61. The Balaban J connectivity index is 2.51. The van der Waals surface area contributed by atoms with Gasteiger partial charge in [0, 0.05) is 5.92 Å². The zero-order valence-electron chi connectivity index (χ0n) is 9.73. The summed E-state index contributed by atoms with van der Waals surface area (Å²) in [6.45, 7) is 3.51. The van der Waals surface area contributed by atoms with E-state index in [0.29, 0.717) is 19.0 Å². The molecular formula is C10H20N4O. The average molecular weight is 212 g/mol. The molecule has 1 atom stereocenters. The van der Waals surface area contributed by atoms with Gasteiger partial charge < -0.3 is 15.2 Å². The molecule has 15 heavy (non-hydrogen) atoms. The molecule has 0 spiro atoms. The first kappa shape index (κ1) is 12.1. The van der Waals surface area contributed by atoms with Crippen LogP contribution >= 0.6 is 0 Å². The Morgan fingerprint density at radius 1 is 1.47 bits per heavy atom. The number of hydrogen-bond donors (Lipinski definition) is 1. The topological polar surface area (TPSA) is 68.2 Å². The van der Waals surface area contributed by atoms with Gasteiger partial charge in [-0.3, -0.25) is 0 Å². The summed E-state index contributed by atoms with van der Waals surface area (Å²) in [5, 5.41) is 3.93. The number of hydrogen-bond acceptors (Lipinski definition) is 5. The van der Waals surface area contributed by atoms with E-state index in [-0.39, 0.29) is 0 Å². The third-order valence-electron chi connectivity index (χ3n) is 2.20. The van der Waals surface area contributed by atoms with Crippen molar-refractivity contribution >= 4 is 0 Å². The lowest BCUT2D eigenvalue weighted by molar-refractivity contribution is 0.335. The summed E-state index contributed by atoms with van der Waals surface area (Å²) in [5.74, 6) is 1.77. The molecule has 0 saturated carbocycles. The van der Waals surface area contributed by atoms with Crippen molar-refractivity contribution in [2.45, 2.75) is 32.2 Å². The van der Waals surface area contributed by atoms with E-state index in [1.807, 2.05) is 19.0 Å². The maximum atomic E-state index is 5.45. The van der Waals surface area contributed by atoms with Gasteiger partial charge in [-0.2, -0.15) is 4.98 Å². The van der Waals surface area contributed by atoms with Crippen LogP contribution in [0.2, 0.25) is 0 Å². The fourth-order valence-electron chi connectivity index (χ4n) is 1.36. The van der Waals surface area contributed by atoms with E-state index in [2.05, 4.69) is 17.1 Å². The molecule has 0 aliphatic carbocycles. The molecule has 0 amide bonds. The molecule has 0 fully saturated rings. The van der Waals surface area contributed by atoms with Crippen LogP contribution in [-0.4, -0.2) is 35.7 Å². The summed E-state index contributed by atoms with van der Waals surface area (Å²) in [4.78, 5) is 6.36. The summed E-state index contributed by atoms with van der Waals surface area (Å²) in [7, 11) is 3.96. The van der Waals surface area contributed by atoms with Gasteiger partial charge in [0.2, 0.25) is 5.89 Å². The zero-order valence-corrected chi connectivity index (χ0v) is 9.73. The molecule has 0 aliphatic rings. The molecule has 2 N–H and O–H groups in total. The minimum atomic E-state index is 0.303. The Morgan fingerprint density at radius 3 is 2.80 bits per heavy atom. The SMILES string of the molecule is CC(CCCN)c1nc(CN(C)C)no1. The molecule has 1 aromatic rings. The Hall–Kier alpha value is -0.940. The summed E-state index contributed by atoms with van der Waals surface area (Å²) in [5.41, 5.74) is 5.45. The monoisotopic (exact) mass is 212 g/mol. The quantitative estimate of drug-likeness (QED) is 0.761. The maximum absolute atomic E-state index is 5.45. The number of rotatable bonds is 6. The molecule has 5 heteroatoms. The molecule has 86 valence electrons. The summed E-state index contributed by atoms with van der Waals surface area (Å²) in [6, 6.07) is 0. The first-order chi connectivity index (χ1) is 7.13. The van der Waals surface area contributed by atoms with Crippen LogP contribution < -0.4 is 5.73 Å². The van der Waals surface area contributed by atoms with Crippen molar-refractivity contribution in [1.82, 2.24) is 15.0 Å². The van der Waals surface area contributed by atoms with Gasteiger partial charge in [-0.25, -0.2) is 0 Å². The summed E-state index contributed by atoms with van der Waals surface area (Å²) >= 11 is 0. The lowest BCUT2D eigenvalue weighted by atomic mass is 10.1. The van der Waals surface area contributed by atoms with Crippen LogP contribution in [0.4, 0.5) is 0 Å². The first-order valence-electron chi connectivity index (χ1n) is 5.30. The van der Waals surface area contributed by atoms with Gasteiger partial charge in [-0.15, -0.1) is 0 Å². The minimum Gasteiger partial charge on any atom is -0.339 e. The smallest absolute Gasteiger partial charge is 0.229 e. The second-order valence-corrected chi connectivity index (χ2v) is 4.12. The second kappa shape index (κ2) is 5.82. The van der Waals surface area contributed by atoms with Gasteiger partial charge in [-0.05, 0) is 33.5 Å². The van der Waals surface area contributed by atoms with E-state index in [9.17, 15) is 0 Å². The largest absolute Gasteiger partial charge is 0.339 e. The molecule has 1 rings (SSSR count). The fraction of sp³-hybridized carbons (Fsp3) is 0.800. The first-order valence-corrected chi connectivity index (χ1v) is 5.30. The molecule has 0 aliphatic heterocycles. The summed E-state index contributed by atoms with van der Waals surface area (Å²) < 4.78 is 5.20. The normalized spacial score (nSPS) is 13.4. The highest BCUT2D eigenvalue weighted by Gasteiger charge is 2.13. The van der Waals surface area contributed by atoms with Gasteiger partial charge in [0.1, 0.15) is 0 Å². The van der Waals surface area contributed by atoms with Crippen molar-refractivity contribution in [3.63, 3.8) is 0 Å². The standard InChI is InChI=1S/C10H20N4O/c1-8(5-4-6-11)10-12-9(13-15-10)7-14(2)3/h8H,4-7,11H2,1-3H3. The number of aromatic nitrogens is 2. The van der Waals surface area contributed by atoms with Crippen LogP contribution in [0.15, 0.2) is 4.52 Å². The molecule has 0 bridgehead atoms. The Morgan fingerprint density at radius 2 is 2.20 bits per heavy atom. The lowest BCUT2D eigenvalue weighted by Gasteiger charge is -2.04. The highest BCUT2D eigenvalue weighted by atomic mass is 16.5. The third-order valence-corrected chi connectivity index (χ3v) is 2.20. The van der Waals surface area contributed by atoms with Gasteiger partial charge in [0.25, 0.3) is 0 Å². The Labute approximate surface area is 90.6 Å². The van der Waals surface area contributed by atoms with Gasteiger partial charge in [0.15, 0.2) is 5.82 Å². The molecule has 5 nitrogen and oxygen atoms in total. The van der Waals surface area contributed by atoms with Crippen molar-refractivity contribution in [1.29, 1.82) is 0 Å². The molecular weight excluding hydrogens is 192 g/mol. The molecule has 1 heterocycles. The zero-order chi connectivity index (χ0) is 11.3. The molecule has 0 radical (unpaired) electrons. The fourth-order valence-corrected chi connectivity index (χ4v) is 1.36. The van der Waals surface area contributed by atoms with Gasteiger partial charge >= 0.3 is 0 Å². The van der Waals surface area contributed by atoms with E-state index in [1.54, 1.807) is 0 Å². The summed E-state index contributed by atoms with van der Waals surface area (Å²) in [6.07, 6.45) is 1.99. The van der Waals surface area contributed by atoms with Crippen molar-refractivity contribution in [3.05, 3.63) is 11.7 Å². The van der Waals surface area contributed by atoms with Gasteiger partial charge in [-0.1, -0.05) is 12.1 Å². The number of nitrogens with zero attached hydrogens (tertiary/aromatic N) is 3. The highest BCUT2D eigenvalue weighted by Crippen LogP contribution is 2.18. The van der Waals surface area contributed by atoms with Crippen LogP contribution in [-0.2, 0) is 6.54 Å². The van der Waals surface area contributed by atoms with E-state index in [0.717, 1.165) is 24.6 Å². The van der Waals surface area contributed by atoms with Crippen molar-refractivity contribution < 1.29 is 4.52 Å². The Kier molecular flexibility index (Phi) is 4.71. The van der Waals surface area contributed by atoms with Crippen LogP contribution in [0.5, 0.6) is 0 Å². The van der Waals surface area contributed by atoms with Crippen LogP contribution in [0.25, 0.3) is 0 Å². The van der Waals surface area contributed by atoms with Gasteiger partial charge in [0.05, 0.1) is 6.54 Å². The molecule has 1 aromatic heterocycles. The Bertz CT molecular complexity index is 285. The lowest BCUT2D eigenvalue weighted by Crippen LogP contribution is -2.11. The number of nitrogens with two attached hydrogens (primary N) is 1. The van der Waals surface area contributed by atoms with E-state index >= 15 is 0 Å². The molecule has 1 unspecified atom stereocenters. The third kappa shape index (κ3) is 3.97. The maximum Gasteiger partial charge on any atom is 0.229 e. The molecule has 0 saturated heterocycles. The molecule has 0 aromatic carbocycles.